The van der Waals surface area contributed by atoms with Gasteiger partial charge in [0.15, 0.2) is 18.1 Å². The van der Waals surface area contributed by atoms with E-state index in [1.807, 2.05) is 6.07 Å². The third-order valence-electron chi connectivity index (χ3n) is 6.20. The Kier molecular flexibility index (Phi) is 7.07. The summed E-state index contributed by atoms with van der Waals surface area (Å²) in [5, 5.41) is 3.26. The van der Waals surface area contributed by atoms with Crippen LogP contribution >= 0.6 is 0 Å². The number of hydrogen-bond acceptors (Lipinski definition) is 2. The van der Waals surface area contributed by atoms with Crippen molar-refractivity contribution in [3.05, 3.63) is 29.6 Å². The van der Waals surface area contributed by atoms with Crippen molar-refractivity contribution in [3.8, 4) is 5.75 Å². The van der Waals surface area contributed by atoms with Gasteiger partial charge in [0.2, 0.25) is 0 Å². The fourth-order valence-electron chi connectivity index (χ4n) is 4.43. The zero-order valence-electron chi connectivity index (χ0n) is 16.7. The predicted octanol–water partition coefficient (Wildman–Crippen LogP) is -0.187. The van der Waals surface area contributed by atoms with E-state index in [0.717, 1.165) is 44.7 Å². The van der Waals surface area contributed by atoms with Gasteiger partial charge in [0.05, 0.1) is 7.11 Å². The van der Waals surface area contributed by atoms with Gasteiger partial charge in [-0.05, 0) is 37.0 Å². The molecule has 0 aromatic heterocycles. The molecule has 2 aliphatic rings. The van der Waals surface area contributed by atoms with Crippen LogP contribution in [-0.2, 0) is 11.3 Å². The summed E-state index contributed by atoms with van der Waals surface area (Å²) in [5.74, 6) is 0.793. The van der Waals surface area contributed by atoms with Gasteiger partial charge >= 0.3 is 0 Å². The van der Waals surface area contributed by atoms with Crippen LogP contribution < -0.4 is 19.9 Å². The molecule has 1 heterocycles. The molecule has 0 unspecified atom stereocenters. The van der Waals surface area contributed by atoms with E-state index in [1.54, 1.807) is 12.1 Å². The Morgan fingerprint density at radius 3 is 2.56 bits per heavy atom. The molecule has 5 nitrogen and oxygen atoms in total. The lowest BCUT2D eigenvalue weighted by molar-refractivity contribution is -1.02. The first kappa shape index (κ1) is 20.1. The quantitative estimate of drug-likeness (QED) is 0.642. The summed E-state index contributed by atoms with van der Waals surface area (Å²) in [6.07, 6.45) is 4.88. The van der Waals surface area contributed by atoms with Crippen molar-refractivity contribution < 1.29 is 23.7 Å². The summed E-state index contributed by atoms with van der Waals surface area (Å²) in [4.78, 5) is 15.2. The third-order valence-corrected chi connectivity index (χ3v) is 6.20. The second-order valence-corrected chi connectivity index (χ2v) is 8.26. The van der Waals surface area contributed by atoms with Gasteiger partial charge in [-0.1, -0.05) is 19.8 Å². The van der Waals surface area contributed by atoms with Crippen molar-refractivity contribution in [2.75, 3.05) is 39.8 Å². The number of halogens is 1. The topological polar surface area (TPSA) is 47.2 Å². The molecule has 150 valence electrons. The summed E-state index contributed by atoms with van der Waals surface area (Å²) < 4.78 is 18.8. The van der Waals surface area contributed by atoms with Crippen molar-refractivity contribution in [2.45, 2.75) is 45.2 Å². The molecule has 27 heavy (non-hydrogen) atoms. The number of amides is 1. The number of benzene rings is 1. The minimum absolute atomic E-state index is 0.199. The Hall–Kier alpha value is -1.66. The molecule has 2 atom stereocenters. The highest BCUT2D eigenvalue weighted by Crippen LogP contribution is 2.23. The number of quaternary nitrogens is 2. The van der Waals surface area contributed by atoms with E-state index < -0.39 is 0 Å². The molecule has 0 radical (unpaired) electrons. The van der Waals surface area contributed by atoms with Crippen LogP contribution in [0.25, 0.3) is 0 Å². The average molecular weight is 380 g/mol. The molecule has 3 N–H and O–H groups in total. The van der Waals surface area contributed by atoms with Gasteiger partial charge in [-0.2, -0.15) is 0 Å². The van der Waals surface area contributed by atoms with Gasteiger partial charge in [-0.25, -0.2) is 4.39 Å². The Morgan fingerprint density at radius 2 is 1.89 bits per heavy atom. The van der Waals surface area contributed by atoms with E-state index in [0.29, 0.717) is 24.3 Å². The molecule has 3 rings (SSSR count). The number of nitrogens with one attached hydrogen (secondary N) is 3. The lowest BCUT2D eigenvalue weighted by atomic mass is 9.86. The van der Waals surface area contributed by atoms with Crippen molar-refractivity contribution in [3.63, 3.8) is 0 Å². The molecule has 1 aliphatic carbocycles. The zero-order chi connectivity index (χ0) is 19.2. The van der Waals surface area contributed by atoms with Crippen LogP contribution in [0.1, 0.15) is 38.2 Å². The highest BCUT2D eigenvalue weighted by atomic mass is 19.1. The molecule has 1 aromatic rings. The lowest BCUT2D eigenvalue weighted by Crippen LogP contribution is -3.28. The summed E-state index contributed by atoms with van der Waals surface area (Å²) in [7, 11) is 1.48. The van der Waals surface area contributed by atoms with Crippen LogP contribution in [0, 0.1) is 11.7 Å². The number of methoxy groups -OCH3 is 1. The van der Waals surface area contributed by atoms with Crippen molar-refractivity contribution in [1.82, 2.24) is 5.32 Å². The summed E-state index contributed by atoms with van der Waals surface area (Å²) in [5.41, 5.74) is 0.996. The van der Waals surface area contributed by atoms with Crippen LogP contribution in [0.3, 0.4) is 0 Å². The number of piperazine rings is 1. The first-order valence-corrected chi connectivity index (χ1v) is 10.3. The number of carbonyl (C=O) groups is 1. The van der Waals surface area contributed by atoms with Crippen molar-refractivity contribution >= 4 is 5.91 Å². The number of hydrogen-bond donors (Lipinski definition) is 3. The fourth-order valence-corrected chi connectivity index (χ4v) is 4.43. The second-order valence-electron chi connectivity index (χ2n) is 8.26. The smallest absolute Gasteiger partial charge is 0.275 e. The molecule has 0 spiro atoms. The van der Waals surface area contributed by atoms with Crippen LogP contribution in [-0.4, -0.2) is 51.8 Å². The van der Waals surface area contributed by atoms with Crippen LogP contribution in [0.2, 0.25) is 0 Å². The van der Waals surface area contributed by atoms with E-state index in [2.05, 4.69) is 12.2 Å². The molecule has 1 amide bonds. The zero-order valence-corrected chi connectivity index (χ0v) is 16.7. The first-order valence-electron chi connectivity index (χ1n) is 10.3. The molecule has 6 heteroatoms. The normalized spacial score (nSPS) is 28.6. The SMILES string of the molecule is COc1ccc(C[NH+]2CC[NH+](CC(=O)N[C@H]3CCCC[C@@H]3C)CC2)cc1F. The van der Waals surface area contributed by atoms with Gasteiger partial charge in [0.25, 0.3) is 5.91 Å². The Morgan fingerprint density at radius 1 is 1.19 bits per heavy atom. The second kappa shape index (κ2) is 9.51. The molecule has 1 aromatic carbocycles. The highest BCUT2D eigenvalue weighted by Gasteiger charge is 2.27. The number of ether oxygens (including phenoxy) is 1. The first-order chi connectivity index (χ1) is 13.0. The molecule has 0 bridgehead atoms. The number of carbonyl (C=O) groups excluding carboxylic acids is 1. The molecule has 1 saturated heterocycles. The van der Waals surface area contributed by atoms with Gasteiger partial charge in [-0.15, -0.1) is 0 Å². The molecule has 2 fully saturated rings. The van der Waals surface area contributed by atoms with Gasteiger partial charge in [-0.3, -0.25) is 4.79 Å². The predicted molar refractivity (Wildman–Crippen MR) is 102 cm³/mol. The fraction of sp³-hybridized carbons (Fsp3) is 0.667. The van der Waals surface area contributed by atoms with Crippen molar-refractivity contribution in [1.29, 1.82) is 0 Å². The van der Waals surface area contributed by atoms with Gasteiger partial charge in [0, 0.05) is 11.6 Å². The minimum Gasteiger partial charge on any atom is -0.494 e. The van der Waals surface area contributed by atoms with E-state index in [9.17, 15) is 9.18 Å². The van der Waals surface area contributed by atoms with Crippen LogP contribution in [0.15, 0.2) is 18.2 Å². The highest BCUT2D eigenvalue weighted by molar-refractivity contribution is 5.77. The van der Waals surface area contributed by atoms with Gasteiger partial charge < -0.3 is 19.9 Å². The van der Waals surface area contributed by atoms with E-state index in [4.69, 9.17) is 4.74 Å². The molecular weight excluding hydrogens is 345 g/mol. The van der Waals surface area contributed by atoms with E-state index in [-0.39, 0.29) is 11.7 Å². The minimum atomic E-state index is -0.299. The maximum absolute atomic E-state index is 13.8. The Balaban J connectivity index is 1.40. The van der Waals surface area contributed by atoms with Gasteiger partial charge in [0.1, 0.15) is 32.7 Å². The Labute approximate surface area is 161 Å². The monoisotopic (exact) mass is 379 g/mol. The van der Waals surface area contributed by atoms with E-state index in [1.165, 1.54) is 36.2 Å². The van der Waals surface area contributed by atoms with Crippen LogP contribution in [0.5, 0.6) is 5.75 Å². The lowest BCUT2D eigenvalue weighted by Gasteiger charge is -2.32. The number of rotatable bonds is 6. The standard InChI is InChI=1S/C21H32FN3O2/c1-16-5-3-4-6-19(16)23-21(26)15-25-11-9-24(10-12-25)14-17-7-8-20(27-2)18(22)13-17/h7-8,13,16,19H,3-6,9-12,14-15H2,1-2H3,(H,23,26)/p+2/t16-,19-/m0/s1. The summed E-state index contributed by atoms with van der Waals surface area (Å²) in [6.45, 7) is 7.64. The average Bonchev–Trinajstić information content (AvgIpc) is 2.65. The third kappa shape index (κ3) is 5.66. The maximum Gasteiger partial charge on any atom is 0.275 e. The molecule has 1 aliphatic heterocycles. The summed E-state index contributed by atoms with van der Waals surface area (Å²) in [6, 6.07) is 5.57. The largest absolute Gasteiger partial charge is 0.494 e. The van der Waals surface area contributed by atoms with E-state index >= 15 is 0 Å². The maximum atomic E-state index is 13.8. The van der Waals surface area contributed by atoms with Crippen molar-refractivity contribution in [2.24, 2.45) is 5.92 Å². The molecular formula is C21H34FN3O2+2. The van der Waals surface area contributed by atoms with Crippen LogP contribution in [0.4, 0.5) is 4.39 Å². The Bertz CT molecular complexity index is 632. The molecule has 1 saturated carbocycles. The summed E-state index contributed by atoms with van der Waals surface area (Å²) >= 11 is 0.